The largest absolute Gasteiger partial charge is 0.378 e. The highest BCUT2D eigenvalue weighted by Gasteiger charge is 2.25. The smallest absolute Gasteiger partial charge is 0.275 e. The molecule has 28 heavy (non-hydrogen) atoms. The number of carbonyl (C=O) groups excluding carboxylic acids is 2. The van der Waals surface area contributed by atoms with Crippen molar-refractivity contribution in [3.8, 4) is 0 Å². The molecule has 1 aliphatic rings. The van der Waals surface area contributed by atoms with Crippen LogP contribution in [0.1, 0.15) is 15.9 Å². The molecule has 0 aromatic heterocycles. The summed E-state index contributed by atoms with van der Waals surface area (Å²) >= 11 is 0. The molecule has 1 aliphatic heterocycles. The van der Waals surface area contributed by atoms with E-state index in [4.69, 9.17) is 0 Å². The van der Waals surface area contributed by atoms with E-state index < -0.39 is 0 Å². The third-order valence-electron chi connectivity index (χ3n) is 5.13. The Labute approximate surface area is 166 Å². The molecule has 2 aromatic carbocycles. The van der Waals surface area contributed by atoms with Crippen LogP contribution in [0.5, 0.6) is 0 Å². The Bertz CT molecular complexity index is 782. The standard InChI is InChI=1S/C22H28N4O2/c1-24(2)20-10-8-18(9-11-20)16-23-21(27)17-25-12-14-26(15-13-25)22(28)19-6-4-3-5-7-19/h3-11H,12-17H2,1-2H3,(H,23,27)/p+1. The van der Waals surface area contributed by atoms with Gasteiger partial charge in [-0.2, -0.15) is 0 Å². The molecular weight excluding hydrogens is 352 g/mol. The highest BCUT2D eigenvalue weighted by atomic mass is 16.2. The minimum absolute atomic E-state index is 0.0505. The summed E-state index contributed by atoms with van der Waals surface area (Å²) in [6.07, 6.45) is 0. The molecule has 1 heterocycles. The van der Waals surface area contributed by atoms with Gasteiger partial charge in [0.2, 0.25) is 0 Å². The van der Waals surface area contributed by atoms with Crippen LogP contribution in [0.4, 0.5) is 5.69 Å². The first-order valence-electron chi connectivity index (χ1n) is 9.74. The fourth-order valence-corrected chi connectivity index (χ4v) is 3.37. The van der Waals surface area contributed by atoms with E-state index in [2.05, 4.69) is 17.4 Å². The van der Waals surface area contributed by atoms with Gasteiger partial charge in [-0.3, -0.25) is 9.59 Å². The minimum Gasteiger partial charge on any atom is -0.378 e. The second kappa shape index (κ2) is 9.37. The van der Waals surface area contributed by atoms with Crippen molar-refractivity contribution >= 4 is 17.5 Å². The van der Waals surface area contributed by atoms with E-state index in [1.165, 1.54) is 4.90 Å². The molecule has 0 unspecified atom stereocenters. The lowest BCUT2D eigenvalue weighted by molar-refractivity contribution is -0.896. The van der Waals surface area contributed by atoms with Gasteiger partial charge in [0.05, 0.1) is 26.2 Å². The zero-order chi connectivity index (χ0) is 19.9. The van der Waals surface area contributed by atoms with Crippen molar-refractivity contribution in [2.24, 2.45) is 0 Å². The van der Waals surface area contributed by atoms with Gasteiger partial charge in [0.25, 0.3) is 11.8 Å². The zero-order valence-electron chi connectivity index (χ0n) is 16.6. The van der Waals surface area contributed by atoms with Crippen molar-refractivity contribution in [2.45, 2.75) is 6.54 Å². The van der Waals surface area contributed by atoms with Gasteiger partial charge in [-0.25, -0.2) is 0 Å². The van der Waals surface area contributed by atoms with Crippen LogP contribution in [0.15, 0.2) is 54.6 Å². The van der Waals surface area contributed by atoms with E-state index in [1.807, 2.05) is 66.4 Å². The van der Waals surface area contributed by atoms with E-state index in [0.717, 1.165) is 29.9 Å². The maximum absolute atomic E-state index is 12.5. The monoisotopic (exact) mass is 381 g/mol. The van der Waals surface area contributed by atoms with Gasteiger partial charge in [-0.15, -0.1) is 0 Å². The molecule has 6 heteroatoms. The molecular formula is C22H29N4O2+. The fraction of sp³-hybridized carbons (Fsp3) is 0.364. The van der Waals surface area contributed by atoms with Crippen LogP contribution < -0.4 is 15.1 Å². The van der Waals surface area contributed by atoms with Crippen molar-refractivity contribution in [1.29, 1.82) is 0 Å². The molecule has 0 saturated carbocycles. The van der Waals surface area contributed by atoms with Gasteiger partial charge < -0.3 is 20.0 Å². The average Bonchev–Trinajstić information content (AvgIpc) is 2.73. The summed E-state index contributed by atoms with van der Waals surface area (Å²) in [5, 5.41) is 3.00. The van der Waals surface area contributed by atoms with Gasteiger partial charge in [0.15, 0.2) is 6.54 Å². The molecule has 0 radical (unpaired) electrons. The summed E-state index contributed by atoms with van der Waals surface area (Å²) in [5.41, 5.74) is 2.96. The molecule has 3 rings (SSSR count). The lowest BCUT2D eigenvalue weighted by Crippen LogP contribution is -3.15. The molecule has 2 N–H and O–H groups in total. The number of carbonyl (C=O) groups is 2. The van der Waals surface area contributed by atoms with Crippen molar-refractivity contribution in [2.75, 3.05) is 51.7 Å². The molecule has 2 aromatic rings. The van der Waals surface area contributed by atoms with Gasteiger partial charge >= 0.3 is 0 Å². The maximum Gasteiger partial charge on any atom is 0.275 e. The number of nitrogens with one attached hydrogen (secondary N) is 2. The maximum atomic E-state index is 12.5. The normalized spacial score (nSPS) is 14.6. The first-order valence-corrected chi connectivity index (χ1v) is 9.74. The van der Waals surface area contributed by atoms with Crippen LogP contribution in [0.3, 0.4) is 0 Å². The summed E-state index contributed by atoms with van der Waals surface area (Å²) in [7, 11) is 4.01. The predicted molar refractivity (Wildman–Crippen MR) is 111 cm³/mol. The third kappa shape index (κ3) is 5.33. The van der Waals surface area contributed by atoms with Gasteiger partial charge in [0, 0.05) is 31.9 Å². The number of rotatable bonds is 6. The van der Waals surface area contributed by atoms with Crippen molar-refractivity contribution in [1.82, 2.24) is 10.2 Å². The molecule has 1 saturated heterocycles. The van der Waals surface area contributed by atoms with Crippen molar-refractivity contribution in [3.05, 3.63) is 65.7 Å². The lowest BCUT2D eigenvalue weighted by atomic mass is 10.2. The molecule has 0 bridgehead atoms. The molecule has 0 spiro atoms. The van der Waals surface area contributed by atoms with E-state index in [1.54, 1.807) is 0 Å². The topological polar surface area (TPSA) is 57.1 Å². The fourth-order valence-electron chi connectivity index (χ4n) is 3.37. The van der Waals surface area contributed by atoms with Gasteiger partial charge in [-0.1, -0.05) is 30.3 Å². The Morgan fingerprint density at radius 3 is 2.25 bits per heavy atom. The van der Waals surface area contributed by atoms with E-state index in [-0.39, 0.29) is 11.8 Å². The SMILES string of the molecule is CN(C)c1ccc(CNC(=O)C[NH+]2CCN(C(=O)c3ccccc3)CC2)cc1. The van der Waals surface area contributed by atoms with Crippen LogP contribution in [0.25, 0.3) is 0 Å². The molecule has 0 aliphatic carbocycles. The van der Waals surface area contributed by atoms with E-state index in [0.29, 0.717) is 26.2 Å². The molecule has 2 amide bonds. The number of hydrogen-bond donors (Lipinski definition) is 2. The molecule has 6 nitrogen and oxygen atoms in total. The number of anilines is 1. The number of quaternary nitrogens is 1. The Balaban J connectivity index is 1.40. The Morgan fingerprint density at radius 1 is 1.00 bits per heavy atom. The van der Waals surface area contributed by atoms with Gasteiger partial charge in [-0.05, 0) is 29.8 Å². The van der Waals surface area contributed by atoms with Crippen LogP contribution in [-0.2, 0) is 11.3 Å². The Morgan fingerprint density at radius 2 is 1.64 bits per heavy atom. The first kappa shape index (κ1) is 19.9. The van der Waals surface area contributed by atoms with Crippen LogP contribution >= 0.6 is 0 Å². The van der Waals surface area contributed by atoms with Crippen molar-refractivity contribution in [3.63, 3.8) is 0 Å². The van der Waals surface area contributed by atoms with Gasteiger partial charge in [0.1, 0.15) is 0 Å². The Kier molecular flexibility index (Phi) is 6.66. The lowest BCUT2D eigenvalue weighted by Gasteiger charge is -2.32. The summed E-state index contributed by atoms with van der Waals surface area (Å²) in [4.78, 5) is 29.9. The minimum atomic E-state index is 0.0505. The molecule has 1 fully saturated rings. The highest BCUT2D eigenvalue weighted by molar-refractivity contribution is 5.94. The zero-order valence-corrected chi connectivity index (χ0v) is 16.6. The summed E-state index contributed by atoms with van der Waals surface area (Å²) in [6.45, 7) is 3.94. The highest BCUT2D eigenvalue weighted by Crippen LogP contribution is 2.11. The molecule has 148 valence electrons. The number of amides is 2. The number of nitrogens with zero attached hydrogens (tertiary/aromatic N) is 2. The quantitative estimate of drug-likeness (QED) is 0.762. The van der Waals surface area contributed by atoms with Crippen LogP contribution in [0.2, 0.25) is 0 Å². The summed E-state index contributed by atoms with van der Waals surface area (Å²) in [5.74, 6) is 0.125. The number of piperazine rings is 1. The van der Waals surface area contributed by atoms with Crippen LogP contribution in [-0.4, -0.2) is 63.5 Å². The Hall–Kier alpha value is -2.86. The first-order chi connectivity index (χ1) is 13.5. The van der Waals surface area contributed by atoms with Crippen molar-refractivity contribution < 1.29 is 14.5 Å². The molecule has 0 atom stereocenters. The second-order valence-corrected chi connectivity index (χ2v) is 7.42. The number of hydrogen-bond acceptors (Lipinski definition) is 3. The number of benzene rings is 2. The average molecular weight is 382 g/mol. The van der Waals surface area contributed by atoms with E-state index >= 15 is 0 Å². The summed E-state index contributed by atoms with van der Waals surface area (Å²) < 4.78 is 0. The third-order valence-corrected chi connectivity index (χ3v) is 5.13. The summed E-state index contributed by atoms with van der Waals surface area (Å²) in [6, 6.07) is 17.5. The second-order valence-electron chi connectivity index (χ2n) is 7.42. The predicted octanol–water partition coefficient (Wildman–Crippen LogP) is 0.410. The van der Waals surface area contributed by atoms with E-state index in [9.17, 15) is 9.59 Å². The van der Waals surface area contributed by atoms with Crippen LogP contribution in [0, 0.1) is 0 Å².